The molecule has 1 aliphatic rings. The fraction of sp³-hybridized carbons (Fsp3) is 0.286. The summed E-state index contributed by atoms with van der Waals surface area (Å²) >= 11 is 7.58. The van der Waals surface area contributed by atoms with Crippen LogP contribution in [0.1, 0.15) is 27.9 Å². The second-order valence-electron chi connectivity index (χ2n) is 6.46. The number of carbonyl (C=O) groups excluding carboxylic acids is 3. The summed E-state index contributed by atoms with van der Waals surface area (Å²) < 4.78 is 0. The van der Waals surface area contributed by atoms with Crippen molar-refractivity contribution in [3.05, 3.63) is 70.2 Å². The molecule has 0 saturated carbocycles. The van der Waals surface area contributed by atoms with Gasteiger partial charge in [0.15, 0.2) is 0 Å². The van der Waals surface area contributed by atoms with Crippen molar-refractivity contribution in [2.75, 3.05) is 18.8 Å². The first-order valence-electron chi connectivity index (χ1n) is 9.06. The molecule has 0 unspecified atom stereocenters. The minimum Gasteiger partial charge on any atom is -0.355 e. The number of amides is 3. The van der Waals surface area contributed by atoms with E-state index >= 15 is 0 Å². The molecule has 0 fully saturated rings. The number of rotatable bonds is 8. The highest BCUT2D eigenvalue weighted by Gasteiger charge is 2.30. The molecular weight excluding hydrogens is 396 g/mol. The van der Waals surface area contributed by atoms with Crippen molar-refractivity contribution >= 4 is 41.1 Å². The van der Waals surface area contributed by atoms with Gasteiger partial charge in [-0.05, 0) is 29.3 Å². The smallest absolute Gasteiger partial charge is 0.260 e. The van der Waals surface area contributed by atoms with E-state index in [1.54, 1.807) is 30.0 Å². The number of hydrogen-bond acceptors (Lipinski definition) is 4. The molecule has 0 bridgehead atoms. The van der Waals surface area contributed by atoms with Gasteiger partial charge in [-0.1, -0.05) is 41.9 Å². The molecule has 0 atom stereocenters. The number of nitrogens with one attached hydrogen (secondary N) is 1. The molecule has 1 aliphatic heterocycles. The van der Waals surface area contributed by atoms with Crippen LogP contribution in [0.4, 0.5) is 0 Å². The molecule has 3 rings (SSSR count). The molecule has 0 saturated heterocycles. The van der Waals surface area contributed by atoms with E-state index in [0.29, 0.717) is 12.1 Å². The molecule has 0 aromatic heterocycles. The Balaban J connectivity index is 1.37. The fourth-order valence-electron chi connectivity index (χ4n) is 2.96. The van der Waals surface area contributed by atoms with Crippen molar-refractivity contribution in [2.24, 2.45) is 0 Å². The van der Waals surface area contributed by atoms with Gasteiger partial charge in [-0.25, -0.2) is 0 Å². The molecule has 0 spiro atoms. The van der Waals surface area contributed by atoms with Gasteiger partial charge in [-0.3, -0.25) is 19.3 Å². The number of fused-ring (bicyclic) bond motifs is 1. The lowest BCUT2D eigenvalue weighted by atomic mass is 9.98. The van der Waals surface area contributed by atoms with Crippen LogP contribution in [-0.2, 0) is 21.8 Å². The number of benzene rings is 2. The lowest BCUT2D eigenvalue weighted by Gasteiger charge is -2.26. The Bertz CT molecular complexity index is 870. The molecule has 5 nitrogen and oxygen atoms in total. The van der Waals surface area contributed by atoms with Gasteiger partial charge in [-0.15, -0.1) is 0 Å². The third kappa shape index (κ3) is 5.36. The molecule has 1 heterocycles. The summed E-state index contributed by atoms with van der Waals surface area (Å²) in [5, 5.41) is 3.55. The molecule has 7 heteroatoms. The van der Waals surface area contributed by atoms with E-state index in [2.05, 4.69) is 5.32 Å². The molecule has 0 aliphatic carbocycles. The Morgan fingerprint density at radius 3 is 2.64 bits per heavy atom. The van der Waals surface area contributed by atoms with E-state index in [4.69, 9.17) is 11.6 Å². The van der Waals surface area contributed by atoms with E-state index in [1.807, 2.05) is 30.3 Å². The monoisotopic (exact) mass is 416 g/mol. The predicted molar refractivity (Wildman–Crippen MR) is 111 cm³/mol. The maximum atomic E-state index is 12.5. The Morgan fingerprint density at radius 1 is 1.11 bits per heavy atom. The Morgan fingerprint density at radius 2 is 1.86 bits per heavy atom. The Hall–Kier alpha value is -2.31. The van der Waals surface area contributed by atoms with E-state index in [-0.39, 0.29) is 37.1 Å². The summed E-state index contributed by atoms with van der Waals surface area (Å²) in [6.07, 6.45) is 0.312. The quantitative estimate of drug-likeness (QED) is 0.529. The topological polar surface area (TPSA) is 66.5 Å². The molecule has 146 valence electrons. The van der Waals surface area contributed by atoms with Crippen LogP contribution in [-0.4, -0.2) is 41.5 Å². The van der Waals surface area contributed by atoms with Crippen molar-refractivity contribution in [1.82, 2.24) is 10.2 Å². The van der Waals surface area contributed by atoms with Crippen LogP contribution in [0.15, 0.2) is 48.5 Å². The van der Waals surface area contributed by atoms with Crippen LogP contribution in [0.3, 0.4) is 0 Å². The van der Waals surface area contributed by atoms with Crippen LogP contribution >= 0.6 is 23.4 Å². The second-order valence-corrected chi connectivity index (χ2v) is 8.01. The Kier molecular flexibility index (Phi) is 7.12. The molecular formula is C21H21ClN2O3S. The van der Waals surface area contributed by atoms with Gasteiger partial charge in [-0.2, -0.15) is 11.8 Å². The molecule has 0 radical (unpaired) electrons. The van der Waals surface area contributed by atoms with Gasteiger partial charge < -0.3 is 5.32 Å². The number of carbonyl (C=O) groups is 3. The number of halogens is 1. The summed E-state index contributed by atoms with van der Waals surface area (Å²) in [5.74, 6) is 0.895. The summed E-state index contributed by atoms with van der Waals surface area (Å²) in [6, 6.07) is 14.8. The van der Waals surface area contributed by atoms with E-state index in [1.165, 1.54) is 10.5 Å². The highest BCUT2D eigenvalue weighted by atomic mass is 35.5. The van der Waals surface area contributed by atoms with E-state index in [9.17, 15) is 14.4 Å². The van der Waals surface area contributed by atoms with Crippen molar-refractivity contribution in [2.45, 2.75) is 18.6 Å². The highest BCUT2D eigenvalue weighted by molar-refractivity contribution is 7.98. The van der Waals surface area contributed by atoms with E-state index in [0.717, 1.165) is 22.1 Å². The van der Waals surface area contributed by atoms with Gasteiger partial charge in [0.2, 0.25) is 11.8 Å². The van der Waals surface area contributed by atoms with Crippen molar-refractivity contribution < 1.29 is 14.4 Å². The average Bonchev–Trinajstić information content (AvgIpc) is 2.69. The largest absolute Gasteiger partial charge is 0.355 e. The first kappa shape index (κ1) is 20.4. The van der Waals surface area contributed by atoms with Crippen LogP contribution < -0.4 is 5.32 Å². The lowest BCUT2D eigenvalue weighted by molar-refractivity contribution is -0.129. The highest BCUT2D eigenvalue weighted by Crippen LogP contribution is 2.19. The Labute approximate surface area is 173 Å². The number of imide groups is 1. The first-order chi connectivity index (χ1) is 13.5. The second kappa shape index (κ2) is 9.75. The van der Waals surface area contributed by atoms with Crippen LogP contribution in [0.5, 0.6) is 0 Å². The van der Waals surface area contributed by atoms with Gasteiger partial charge in [0.25, 0.3) is 5.91 Å². The van der Waals surface area contributed by atoms with Crippen LogP contribution in [0, 0.1) is 0 Å². The summed E-state index contributed by atoms with van der Waals surface area (Å²) in [7, 11) is 0. The summed E-state index contributed by atoms with van der Waals surface area (Å²) in [5.41, 5.74) is 2.47. The molecule has 2 aromatic carbocycles. The lowest BCUT2D eigenvalue weighted by Crippen LogP contribution is -2.44. The van der Waals surface area contributed by atoms with Crippen LogP contribution in [0.25, 0.3) is 0 Å². The standard InChI is InChI=1S/C21H21ClN2O3S/c22-17-7-5-15(6-8-17)14-28-12-10-23-19(25)9-11-24-20(26)13-16-3-1-2-4-18(16)21(24)27/h1-8H,9-14H2,(H,23,25). The fourth-order valence-corrected chi connectivity index (χ4v) is 3.91. The van der Waals surface area contributed by atoms with Crippen molar-refractivity contribution in [3.63, 3.8) is 0 Å². The normalized spacial score (nSPS) is 13.4. The average molecular weight is 417 g/mol. The minimum atomic E-state index is -0.321. The van der Waals surface area contributed by atoms with Gasteiger partial charge in [0.05, 0.1) is 6.42 Å². The van der Waals surface area contributed by atoms with E-state index < -0.39 is 0 Å². The zero-order valence-corrected chi connectivity index (χ0v) is 16.9. The molecule has 2 aromatic rings. The molecule has 1 N–H and O–H groups in total. The van der Waals surface area contributed by atoms with Gasteiger partial charge >= 0.3 is 0 Å². The SMILES string of the molecule is O=C(CCN1C(=O)Cc2ccccc2C1=O)NCCSCc1ccc(Cl)cc1. The molecule has 28 heavy (non-hydrogen) atoms. The van der Waals surface area contributed by atoms with Gasteiger partial charge in [0, 0.05) is 41.6 Å². The van der Waals surface area contributed by atoms with Crippen molar-refractivity contribution in [3.8, 4) is 0 Å². The number of hydrogen-bond donors (Lipinski definition) is 1. The summed E-state index contributed by atoms with van der Waals surface area (Å²) in [6.45, 7) is 0.650. The summed E-state index contributed by atoms with van der Waals surface area (Å²) in [4.78, 5) is 37.9. The van der Waals surface area contributed by atoms with Crippen LogP contribution in [0.2, 0.25) is 5.02 Å². The minimum absolute atomic E-state index is 0.107. The maximum absolute atomic E-state index is 12.5. The molecule has 3 amide bonds. The first-order valence-corrected chi connectivity index (χ1v) is 10.6. The third-order valence-corrected chi connectivity index (χ3v) is 5.73. The van der Waals surface area contributed by atoms with Crippen molar-refractivity contribution in [1.29, 1.82) is 0 Å². The van der Waals surface area contributed by atoms with Gasteiger partial charge in [0.1, 0.15) is 0 Å². The number of thioether (sulfide) groups is 1. The number of nitrogens with zero attached hydrogens (tertiary/aromatic N) is 1. The zero-order chi connectivity index (χ0) is 19.9. The third-order valence-electron chi connectivity index (χ3n) is 4.45. The maximum Gasteiger partial charge on any atom is 0.260 e. The predicted octanol–water partition coefficient (Wildman–Crippen LogP) is 3.30. The zero-order valence-electron chi connectivity index (χ0n) is 15.3.